The third-order valence-corrected chi connectivity index (χ3v) is 5.18. The second-order valence-electron chi connectivity index (χ2n) is 5.49. The molecule has 2 N–H and O–H groups in total. The number of hydrogen-bond donors (Lipinski definition) is 1. The molecule has 0 saturated heterocycles. The van der Waals surface area contributed by atoms with Crippen molar-refractivity contribution >= 4 is 17.0 Å². The summed E-state index contributed by atoms with van der Waals surface area (Å²) < 4.78 is 5.43. The molecule has 0 aliphatic heterocycles. The van der Waals surface area contributed by atoms with Gasteiger partial charge in [-0.05, 0) is 41.8 Å². The van der Waals surface area contributed by atoms with E-state index in [1.165, 1.54) is 11.1 Å². The van der Waals surface area contributed by atoms with E-state index in [9.17, 15) is 0 Å². The van der Waals surface area contributed by atoms with E-state index >= 15 is 0 Å². The molecule has 0 spiro atoms. The van der Waals surface area contributed by atoms with Crippen LogP contribution in [0.15, 0.2) is 34.2 Å². The van der Waals surface area contributed by atoms with Crippen molar-refractivity contribution in [3.63, 3.8) is 0 Å². The lowest BCUT2D eigenvalue weighted by atomic mass is 10.1. The first kappa shape index (κ1) is 12.6. The molecule has 0 radical (unpaired) electrons. The van der Waals surface area contributed by atoms with Crippen molar-refractivity contribution < 1.29 is 4.52 Å². The predicted molar refractivity (Wildman–Crippen MR) is 83.4 cm³/mol. The zero-order chi connectivity index (χ0) is 14.4. The average molecular weight is 297 g/mol. The van der Waals surface area contributed by atoms with E-state index in [1.54, 1.807) is 11.3 Å². The van der Waals surface area contributed by atoms with Gasteiger partial charge in [0.1, 0.15) is 4.88 Å². The lowest BCUT2D eigenvalue weighted by molar-refractivity contribution is 0.417. The van der Waals surface area contributed by atoms with Gasteiger partial charge >= 0.3 is 0 Å². The topological polar surface area (TPSA) is 64.9 Å². The van der Waals surface area contributed by atoms with Gasteiger partial charge in [-0.25, -0.2) is 0 Å². The molecule has 4 rings (SSSR count). The summed E-state index contributed by atoms with van der Waals surface area (Å²) in [6, 6.07) is 8.52. The van der Waals surface area contributed by atoms with E-state index in [1.807, 2.05) is 12.3 Å². The van der Waals surface area contributed by atoms with Crippen LogP contribution in [0.25, 0.3) is 10.8 Å². The minimum Gasteiger partial charge on any atom is -0.397 e. The third-order valence-electron chi connectivity index (χ3n) is 4.08. The maximum Gasteiger partial charge on any atom is 0.270 e. The van der Waals surface area contributed by atoms with Crippen molar-refractivity contribution in [3.8, 4) is 10.8 Å². The fourth-order valence-electron chi connectivity index (χ4n) is 2.85. The van der Waals surface area contributed by atoms with Gasteiger partial charge in [-0.3, -0.25) is 0 Å². The molecular formula is C16H15N3OS. The number of benzene rings is 1. The second kappa shape index (κ2) is 4.70. The molecule has 106 valence electrons. The molecule has 1 aliphatic carbocycles. The SMILES string of the molecule is Cc1csc(-c2nc(C3Cc4ccccc4C3)no2)c1N. The van der Waals surface area contributed by atoms with Crippen molar-refractivity contribution in [3.05, 3.63) is 52.2 Å². The number of fused-ring (bicyclic) bond motifs is 1. The molecule has 2 aromatic heterocycles. The quantitative estimate of drug-likeness (QED) is 0.785. The standard InChI is InChI=1S/C16H15N3OS/c1-9-8-21-14(13(9)17)16-18-15(19-20-16)12-6-10-4-2-3-5-11(10)7-12/h2-5,8,12H,6-7,17H2,1H3. The average Bonchev–Trinajstić information content (AvgIpc) is 3.18. The highest BCUT2D eigenvalue weighted by Gasteiger charge is 2.27. The van der Waals surface area contributed by atoms with Crippen LogP contribution >= 0.6 is 11.3 Å². The molecule has 0 amide bonds. The predicted octanol–water partition coefficient (Wildman–Crippen LogP) is 3.57. The van der Waals surface area contributed by atoms with Gasteiger partial charge < -0.3 is 10.3 Å². The van der Waals surface area contributed by atoms with Gasteiger partial charge in [0.25, 0.3) is 5.89 Å². The van der Waals surface area contributed by atoms with Crippen LogP contribution in [-0.4, -0.2) is 10.1 Å². The molecule has 0 bridgehead atoms. The monoisotopic (exact) mass is 297 g/mol. The van der Waals surface area contributed by atoms with Gasteiger partial charge in [0.15, 0.2) is 5.82 Å². The molecule has 5 heteroatoms. The Labute approximate surface area is 126 Å². The smallest absolute Gasteiger partial charge is 0.270 e. The number of anilines is 1. The number of nitrogen functional groups attached to an aromatic ring is 1. The highest BCUT2D eigenvalue weighted by atomic mass is 32.1. The number of nitrogens with two attached hydrogens (primary N) is 1. The Morgan fingerprint density at radius 2 is 1.95 bits per heavy atom. The number of rotatable bonds is 2. The fraction of sp³-hybridized carbons (Fsp3) is 0.250. The van der Waals surface area contributed by atoms with Crippen LogP contribution in [0.1, 0.15) is 28.4 Å². The Balaban J connectivity index is 1.63. The summed E-state index contributed by atoms with van der Waals surface area (Å²) in [7, 11) is 0. The van der Waals surface area contributed by atoms with Gasteiger partial charge in [0.2, 0.25) is 0 Å². The summed E-state index contributed by atoms with van der Waals surface area (Å²) >= 11 is 1.55. The van der Waals surface area contributed by atoms with Crippen molar-refractivity contribution in [1.82, 2.24) is 10.1 Å². The van der Waals surface area contributed by atoms with Crippen LogP contribution < -0.4 is 5.73 Å². The number of hydrogen-bond acceptors (Lipinski definition) is 5. The van der Waals surface area contributed by atoms with E-state index in [0.717, 1.165) is 34.8 Å². The molecular weight excluding hydrogens is 282 g/mol. The van der Waals surface area contributed by atoms with E-state index in [0.29, 0.717) is 11.8 Å². The van der Waals surface area contributed by atoms with Crippen LogP contribution in [0.2, 0.25) is 0 Å². The summed E-state index contributed by atoms with van der Waals surface area (Å²) in [4.78, 5) is 5.45. The van der Waals surface area contributed by atoms with Gasteiger partial charge in [-0.1, -0.05) is 29.4 Å². The molecule has 0 fully saturated rings. The molecule has 21 heavy (non-hydrogen) atoms. The van der Waals surface area contributed by atoms with E-state index < -0.39 is 0 Å². The van der Waals surface area contributed by atoms with Gasteiger partial charge in [0, 0.05) is 5.92 Å². The molecule has 3 aromatic rings. The van der Waals surface area contributed by atoms with Crippen molar-refractivity contribution in [2.75, 3.05) is 5.73 Å². The molecule has 4 nitrogen and oxygen atoms in total. The number of nitrogens with zero attached hydrogens (tertiary/aromatic N) is 2. The van der Waals surface area contributed by atoms with Crippen LogP contribution in [0.4, 0.5) is 5.69 Å². The molecule has 0 atom stereocenters. The van der Waals surface area contributed by atoms with Crippen LogP contribution in [-0.2, 0) is 12.8 Å². The molecule has 1 aliphatic rings. The second-order valence-corrected chi connectivity index (χ2v) is 6.37. The van der Waals surface area contributed by atoms with Crippen molar-refractivity contribution in [2.24, 2.45) is 0 Å². The Hall–Kier alpha value is -2.14. The van der Waals surface area contributed by atoms with E-state index in [-0.39, 0.29) is 0 Å². The minimum absolute atomic E-state index is 0.308. The summed E-state index contributed by atoms with van der Waals surface area (Å²) in [5, 5.41) is 6.19. The van der Waals surface area contributed by atoms with Gasteiger partial charge in [-0.2, -0.15) is 4.98 Å². The molecule has 2 heterocycles. The van der Waals surface area contributed by atoms with Crippen LogP contribution in [0.3, 0.4) is 0 Å². The Morgan fingerprint density at radius 1 is 1.24 bits per heavy atom. The zero-order valence-electron chi connectivity index (χ0n) is 11.7. The van der Waals surface area contributed by atoms with Crippen LogP contribution in [0, 0.1) is 6.92 Å². The van der Waals surface area contributed by atoms with Crippen LogP contribution in [0.5, 0.6) is 0 Å². The third kappa shape index (κ3) is 2.05. The highest BCUT2D eigenvalue weighted by molar-refractivity contribution is 7.14. The lowest BCUT2D eigenvalue weighted by Gasteiger charge is -2.00. The largest absolute Gasteiger partial charge is 0.397 e. The lowest BCUT2D eigenvalue weighted by Crippen LogP contribution is -2.00. The Kier molecular flexibility index (Phi) is 2.82. The first-order valence-electron chi connectivity index (χ1n) is 6.96. The molecule has 0 unspecified atom stereocenters. The zero-order valence-corrected chi connectivity index (χ0v) is 12.5. The van der Waals surface area contributed by atoms with Gasteiger partial charge in [-0.15, -0.1) is 11.3 Å². The maximum absolute atomic E-state index is 6.05. The number of aromatic nitrogens is 2. The van der Waals surface area contributed by atoms with Gasteiger partial charge in [0.05, 0.1) is 5.69 Å². The Bertz CT molecular complexity index is 780. The number of thiophene rings is 1. The Morgan fingerprint density at radius 3 is 2.57 bits per heavy atom. The highest BCUT2D eigenvalue weighted by Crippen LogP contribution is 2.36. The normalized spacial score (nSPS) is 14.5. The van der Waals surface area contributed by atoms with Crippen molar-refractivity contribution in [2.45, 2.75) is 25.7 Å². The first-order chi connectivity index (χ1) is 10.2. The number of aryl methyl sites for hydroxylation is 1. The molecule has 1 aromatic carbocycles. The maximum atomic E-state index is 6.05. The summed E-state index contributed by atoms with van der Waals surface area (Å²) in [5.41, 5.74) is 10.6. The summed E-state index contributed by atoms with van der Waals surface area (Å²) in [5.74, 6) is 1.63. The minimum atomic E-state index is 0.308. The van der Waals surface area contributed by atoms with E-state index in [4.69, 9.17) is 10.3 Å². The summed E-state index contributed by atoms with van der Waals surface area (Å²) in [6.07, 6.45) is 1.96. The van der Waals surface area contributed by atoms with Crippen molar-refractivity contribution in [1.29, 1.82) is 0 Å². The first-order valence-corrected chi connectivity index (χ1v) is 7.84. The molecule has 0 saturated carbocycles. The van der Waals surface area contributed by atoms with E-state index in [2.05, 4.69) is 34.4 Å². The fourth-order valence-corrected chi connectivity index (χ4v) is 3.75. The summed E-state index contributed by atoms with van der Waals surface area (Å²) in [6.45, 7) is 1.99.